The van der Waals surface area contributed by atoms with Crippen molar-refractivity contribution in [3.8, 4) is 0 Å². The van der Waals surface area contributed by atoms with Crippen molar-refractivity contribution in [1.29, 1.82) is 0 Å². The molecule has 0 aliphatic carbocycles. The molecule has 2 aliphatic heterocycles. The first-order valence-electron chi connectivity index (χ1n) is 8.03. The maximum atomic E-state index is 6.56. The first-order valence-corrected chi connectivity index (χ1v) is 8.03. The van der Waals surface area contributed by atoms with Gasteiger partial charge >= 0.3 is 0 Å². The van der Waals surface area contributed by atoms with E-state index >= 15 is 0 Å². The Balaban J connectivity index is 2.34. The van der Waals surface area contributed by atoms with Crippen LogP contribution in [0.2, 0.25) is 0 Å². The Morgan fingerprint density at radius 1 is 0.667 bits per heavy atom. The molecule has 0 atom stereocenters. The van der Waals surface area contributed by atoms with Gasteiger partial charge in [-0.2, -0.15) is 10.1 Å². The highest BCUT2D eigenvalue weighted by Gasteiger charge is 2.47. The molecule has 3 heteroatoms. The molecule has 0 aromatic heterocycles. The van der Waals surface area contributed by atoms with E-state index in [0.717, 1.165) is 12.8 Å². The summed E-state index contributed by atoms with van der Waals surface area (Å²) in [6.07, 6.45) is 11.0. The third kappa shape index (κ3) is 3.10. The molecular weight excluding hydrogens is 260 g/mol. The summed E-state index contributed by atoms with van der Waals surface area (Å²) in [6.45, 7) is 17.8. The molecule has 3 nitrogen and oxygen atoms in total. The average molecular weight is 292 g/mol. The van der Waals surface area contributed by atoms with Gasteiger partial charge in [0.05, 0.1) is 11.1 Å². The predicted molar refractivity (Wildman–Crippen MR) is 88.6 cm³/mol. The van der Waals surface area contributed by atoms with Gasteiger partial charge < -0.3 is 0 Å². The molecule has 0 unspecified atom stereocenters. The minimum atomic E-state index is -0.116. The van der Waals surface area contributed by atoms with Crippen LogP contribution in [0.25, 0.3) is 0 Å². The lowest BCUT2D eigenvalue weighted by atomic mass is 9.87. The third-order valence-corrected chi connectivity index (χ3v) is 4.60. The fourth-order valence-corrected chi connectivity index (χ4v) is 3.65. The summed E-state index contributed by atoms with van der Waals surface area (Å²) in [5.41, 5.74) is -0.277. The van der Waals surface area contributed by atoms with Gasteiger partial charge in [0.1, 0.15) is 0 Å². The zero-order valence-corrected chi connectivity index (χ0v) is 15.0. The van der Waals surface area contributed by atoms with E-state index in [2.05, 4.69) is 89.8 Å². The van der Waals surface area contributed by atoms with Crippen LogP contribution in [0.4, 0.5) is 0 Å². The quantitative estimate of drug-likeness (QED) is 0.698. The average Bonchev–Trinajstić information content (AvgIpc) is 2.23. The molecule has 0 N–H and O–H groups in total. The van der Waals surface area contributed by atoms with Crippen LogP contribution < -0.4 is 0 Å². The SMILES string of the molecule is CC1(C)C=CCC(C)(C)N1ON1C(C)(C)C=CCC1(C)C. The summed E-state index contributed by atoms with van der Waals surface area (Å²) in [5, 5.41) is 4.34. The lowest BCUT2D eigenvalue weighted by Gasteiger charge is -2.55. The molecule has 21 heavy (non-hydrogen) atoms. The first kappa shape index (κ1) is 16.7. The van der Waals surface area contributed by atoms with Crippen molar-refractivity contribution in [2.24, 2.45) is 0 Å². The monoisotopic (exact) mass is 292 g/mol. The van der Waals surface area contributed by atoms with E-state index in [4.69, 9.17) is 4.94 Å². The molecule has 0 saturated heterocycles. The van der Waals surface area contributed by atoms with Gasteiger partial charge in [-0.1, -0.05) is 24.3 Å². The number of hydroxylamine groups is 4. The van der Waals surface area contributed by atoms with Gasteiger partial charge in [-0.05, 0) is 68.2 Å². The molecule has 120 valence electrons. The summed E-state index contributed by atoms with van der Waals surface area (Å²) < 4.78 is 0. The lowest BCUT2D eigenvalue weighted by Crippen LogP contribution is -2.65. The maximum Gasteiger partial charge on any atom is 0.0611 e. The van der Waals surface area contributed by atoms with Gasteiger partial charge in [0, 0.05) is 11.1 Å². The largest absolute Gasteiger partial charge is 0.206 e. The normalized spacial score (nSPS) is 30.5. The second-order valence-electron chi connectivity index (χ2n) is 8.82. The van der Waals surface area contributed by atoms with Gasteiger partial charge in [-0.25, -0.2) is 4.94 Å². The maximum absolute atomic E-state index is 6.56. The van der Waals surface area contributed by atoms with Gasteiger partial charge in [0.25, 0.3) is 0 Å². The van der Waals surface area contributed by atoms with Crippen molar-refractivity contribution in [2.75, 3.05) is 0 Å². The molecule has 2 heterocycles. The Morgan fingerprint density at radius 3 is 1.29 bits per heavy atom. The summed E-state index contributed by atoms with van der Waals surface area (Å²) in [5.74, 6) is 0. The highest BCUT2D eigenvalue weighted by molar-refractivity contribution is 5.13. The highest BCUT2D eigenvalue weighted by Crippen LogP contribution is 2.40. The standard InChI is InChI=1S/C18H32N2O/c1-15(2)11-9-12-16(3,4)19(15)21-20-17(5,6)13-10-14-18(20,7)8/h9-11,13H,12,14H2,1-8H3. The summed E-state index contributed by atoms with van der Waals surface area (Å²) >= 11 is 0. The number of nitrogens with zero attached hydrogens (tertiary/aromatic N) is 2. The minimum absolute atomic E-state index is 0.0223. The van der Waals surface area contributed by atoms with Gasteiger partial charge in [0.2, 0.25) is 0 Å². The second kappa shape index (κ2) is 4.94. The van der Waals surface area contributed by atoms with Crippen molar-refractivity contribution in [3.63, 3.8) is 0 Å². The Kier molecular flexibility index (Phi) is 3.93. The first-order chi connectivity index (χ1) is 9.39. The molecule has 0 amide bonds. The van der Waals surface area contributed by atoms with Crippen LogP contribution in [0.3, 0.4) is 0 Å². The van der Waals surface area contributed by atoms with E-state index in [1.54, 1.807) is 0 Å². The summed E-state index contributed by atoms with van der Waals surface area (Å²) in [7, 11) is 0. The Morgan fingerprint density at radius 2 is 1.00 bits per heavy atom. The Bertz CT molecular complexity index is 416. The smallest absolute Gasteiger partial charge is 0.0611 e. The molecule has 0 bridgehead atoms. The van der Waals surface area contributed by atoms with Crippen LogP contribution in [0.1, 0.15) is 68.2 Å². The van der Waals surface area contributed by atoms with Gasteiger partial charge in [-0.15, -0.1) is 0 Å². The van der Waals surface area contributed by atoms with Crippen LogP contribution in [0.5, 0.6) is 0 Å². The minimum Gasteiger partial charge on any atom is -0.206 e. The molecule has 0 aromatic rings. The number of rotatable bonds is 2. The van der Waals surface area contributed by atoms with Crippen molar-refractivity contribution in [3.05, 3.63) is 24.3 Å². The van der Waals surface area contributed by atoms with Crippen LogP contribution in [-0.2, 0) is 4.94 Å². The van der Waals surface area contributed by atoms with Gasteiger partial charge in [0.15, 0.2) is 0 Å². The molecule has 0 spiro atoms. The van der Waals surface area contributed by atoms with E-state index in [0.29, 0.717) is 0 Å². The van der Waals surface area contributed by atoms with Crippen LogP contribution >= 0.6 is 0 Å². The van der Waals surface area contributed by atoms with Crippen LogP contribution in [0, 0.1) is 0 Å². The number of hydrogen-bond acceptors (Lipinski definition) is 3. The van der Waals surface area contributed by atoms with E-state index in [1.165, 1.54) is 0 Å². The molecule has 2 aliphatic rings. The van der Waals surface area contributed by atoms with E-state index in [9.17, 15) is 0 Å². The molecule has 2 rings (SSSR count). The van der Waals surface area contributed by atoms with Crippen molar-refractivity contribution < 1.29 is 4.94 Å². The lowest BCUT2D eigenvalue weighted by molar-refractivity contribution is -0.423. The van der Waals surface area contributed by atoms with Crippen molar-refractivity contribution >= 4 is 0 Å². The van der Waals surface area contributed by atoms with E-state index in [-0.39, 0.29) is 22.2 Å². The zero-order chi connectivity index (χ0) is 16.1. The topological polar surface area (TPSA) is 15.7 Å². The molecular formula is C18H32N2O. The third-order valence-electron chi connectivity index (χ3n) is 4.60. The summed E-state index contributed by atoms with van der Waals surface area (Å²) in [6, 6.07) is 0. The van der Waals surface area contributed by atoms with Crippen molar-refractivity contribution in [1.82, 2.24) is 10.1 Å². The molecule has 0 radical (unpaired) electrons. The van der Waals surface area contributed by atoms with Gasteiger partial charge in [-0.3, -0.25) is 0 Å². The highest BCUT2D eigenvalue weighted by atomic mass is 16.8. The van der Waals surface area contributed by atoms with Crippen molar-refractivity contribution in [2.45, 2.75) is 90.4 Å². The number of hydrogen-bond donors (Lipinski definition) is 0. The molecule has 0 fully saturated rings. The van der Waals surface area contributed by atoms with E-state index < -0.39 is 0 Å². The fraction of sp³-hybridized carbons (Fsp3) is 0.778. The van der Waals surface area contributed by atoms with E-state index in [1.807, 2.05) is 0 Å². The Hall–Kier alpha value is -0.640. The zero-order valence-electron chi connectivity index (χ0n) is 15.0. The van der Waals surface area contributed by atoms with Crippen LogP contribution in [-0.4, -0.2) is 32.3 Å². The van der Waals surface area contributed by atoms with Crippen LogP contribution in [0.15, 0.2) is 24.3 Å². The predicted octanol–water partition coefficient (Wildman–Crippen LogP) is 4.47. The Labute approximate surface area is 130 Å². The second-order valence-corrected chi connectivity index (χ2v) is 8.82. The fourth-order valence-electron chi connectivity index (χ4n) is 3.65. The summed E-state index contributed by atoms with van der Waals surface area (Å²) in [4.78, 5) is 6.56. The molecule has 0 saturated carbocycles. The molecule has 0 aromatic carbocycles.